The molecule has 28 heavy (non-hydrogen) atoms. The van der Waals surface area contributed by atoms with Crippen LogP contribution >= 0.6 is 23.5 Å². The van der Waals surface area contributed by atoms with Crippen LogP contribution in [0.15, 0.2) is 21.9 Å². The van der Waals surface area contributed by atoms with Gasteiger partial charge in [0.05, 0.1) is 12.7 Å². The number of phosphoric ester groups is 1. The van der Waals surface area contributed by atoms with E-state index in [4.69, 9.17) is 19.4 Å². The Balaban J connectivity index is 1.99. The van der Waals surface area contributed by atoms with E-state index in [1.807, 2.05) is 4.98 Å². The summed E-state index contributed by atoms with van der Waals surface area (Å²) >= 11 is 0. The Morgan fingerprint density at radius 3 is 2.39 bits per heavy atom. The maximum atomic E-state index is 11.8. The first-order valence-electron chi connectivity index (χ1n) is 7.43. The molecule has 0 bridgehead atoms. The molecule has 0 spiro atoms. The molecule has 1 aromatic rings. The average molecular weight is 466 g/mol. The van der Waals surface area contributed by atoms with E-state index < -0.39 is 53.7 Å². The smallest absolute Gasteiger partial charge is 0.352 e. The second-order valence-corrected chi connectivity index (χ2v) is 10.2. The van der Waals surface area contributed by atoms with Crippen molar-refractivity contribution >= 4 is 23.5 Å². The summed E-state index contributed by atoms with van der Waals surface area (Å²) in [5.41, 5.74) is -1.32. The summed E-state index contributed by atoms with van der Waals surface area (Å²) < 4.78 is 51.9. The van der Waals surface area contributed by atoms with Crippen LogP contribution in [-0.2, 0) is 31.6 Å². The van der Waals surface area contributed by atoms with E-state index >= 15 is 0 Å². The highest BCUT2D eigenvalue weighted by molar-refractivity contribution is 7.66. The predicted octanol–water partition coefficient (Wildman–Crippen LogP) is -0.197. The van der Waals surface area contributed by atoms with E-state index in [1.54, 1.807) is 6.92 Å². The fourth-order valence-electron chi connectivity index (χ4n) is 2.37. The third-order valence-electron chi connectivity index (χ3n) is 3.52. The van der Waals surface area contributed by atoms with Crippen molar-refractivity contribution in [2.24, 2.45) is 5.92 Å². The number of H-pyrrole nitrogens is 1. The van der Waals surface area contributed by atoms with E-state index in [9.17, 15) is 28.2 Å². The van der Waals surface area contributed by atoms with Crippen LogP contribution in [0.1, 0.15) is 19.6 Å². The van der Waals surface area contributed by atoms with Crippen molar-refractivity contribution in [1.82, 2.24) is 9.55 Å². The Hall–Kier alpha value is -0.950. The molecule has 1 fully saturated rings. The predicted molar refractivity (Wildman–Crippen MR) is 88.8 cm³/mol. The molecule has 2 heterocycles. The Morgan fingerprint density at radius 2 is 1.82 bits per heavy atom. The summed E-state index contributed by atoms with van der Waals surface area (Å²) in [6.45, 7) is 1.04. The molecular weight excluding hydrogens is 449 g/mol. The number of hydrogen-bond acceptors (Lipinski definition) is 9. The van der Waals surface area contributed by atoms with Crippen LogP contribution in [0, 0.1) is 5.92 Å². The van der Waals surface area contributed by atoms with Gasteiger partial charge < -0.3 is 24.3 Å². The maximum absolute atomic E-state index is 11.8. The van der Waals surface area contributed by atoms with Crippen molar-refractivity contribution in [3.05, 3.63) is 33.1 Å². The van der Waals surface area contributed by atoms with Gasteiger partial charge in [-0.2, -0.15) is 8.62 Å². The van der Waals surface area contributed by atoms with Crippen molar-refractivity contribution in [3.63, 3.8) is 0 Å². The van der Waals surface area contributed by atoms with Gasteiger partial charge in [0.25, 0.3) is 5.56 Å². The van der Waals surface area contributed by atoms with Crippen LogP contribution in [-0.4, -0.2) is 41.8 Å². The van der Waals surface area contributed by atoms with Crippen LogP contribution < -0.4 is 11.2 Å². The lowest BCUT2D eigenvalue weighted by molar-refractivity contribution is -0.0308. The van der Waals surface area contributed by atoms with Crippen molar-refractivity contribution in [2.45, 2.75) is 25.7 Å². The molecule has 1 saturated heterocycles. The SMILES string of the molecule is C[C@@H]1CC(n2ccc(=O)[nH]c2=O)OC1COP(=O)(O)OP(=O)(O)OP(=O)(O)O. The minimum absolute atomic E-state index is 0.274. The molecule has 0 aromatic carbocycles. The van der Waals surface area contributed by atoms with E-state index in [1.165, 1.54) is 6.20 Å². The average Bonchev–Trinajstić information content (AvgIpc) is 2.82. The van der Waals surface area contributed by atoms with E-state index in [0.29, 0.717) is 0 Å². The van der Waals surface area contributed by atoms with Gasteiger partial charge in [-0.25, -0.2) is 18.5 Å². The molecular formula is C10H17N2O13P3. The monoisotopic (exact) mass is 466 g/mol. The first-order valence-corrected chi connectivity index (χ1v) is 11.9. The molecule has 5 atom stereocenters. The molecule has 0 saturated carbocycles. The van der Waals surface area contributed by atoms with Crippen LogP contribution in [0.4, 0.5) is 0 Å². The number of nitrogens with zero attached hydrogens (tertiary/aromatic N) is 1. The molecule has 160 valence electrons. The number of phosphoric acid groups is 3. The molecule has 4 unspecified atom stereocenters. The molecule has 1 aromatic heterocycles. The fraction of sp³-hybridized carbons (Fsp3) is 0.600. The van der Waals surface area contributed by atoms with Gasteiger partial charge in [0.15, 0.2) is 0 Å². The summed E-state index contributed by atoms with van der Waals surface area (Å²) in [6.07, 6.45) is -0.179. The van der Waals surface area contributed by atoms with Gasteiger partial charge >= 0.3 is 29.2 Å². The molecule has 0 amide bonds. The molecule has 0 radical (unpaired) electrons. The molecule has 2 rings (SSSR count). The minimum Gasteiger partial charge on any atom is -0.352 e. The summed E-state index contributed by atoms with van der Waals surface area (Å²) in [5.74, 6) is -0.309. The molecule has 1 aliphatic heterocycles. The highest BCUT2D eigenvalue weighted by Crippen LogP contribution is 2.66. The van der Waals surface area contributed by atoms with E-state index in [0.717, 1.165) is 10.6 Å². The van der Waals surface area contributed by atoms with Gasteiger partial charge in [-0.05, 0) is 12.3 Å². The van der Waals surface area contributed by atoms with Gasteiger partial charge in [-0.15, -0.1) is 0 Å². The first kappa shape index (κ1) is 23.3. The zero-order valence-corrected chi connectivity index (χ0v) is 16.7. The van der Waals surface area contributed by atoms with Crippen LogP contribution in [0.2, 0.25) is 0 Å². The van der Waals surface area contributed by atoms with Crippen LogP contribution in [0.3, 0.4) is 0 Å². The number of aromatic amines is 1. The normalized spacial score (nSPS) is 27.2. The summed E-state index contributed by atoms with van der Waals surface area (Å²) in [5, 5.41) is 0. The van der Waals surface area contributed by atoms with Gasteiger partial charge in [0.1, 0.15) is 6.23 Å². The molecule has 5 N–H and O–H groups in total. The number of nitrogens with one attached hydrogen (secondary N) is 1. The highest BCUT2D eigenvalue weighted by atomic mass is 31.3. The highest BCUT2D eigenvalue weighted by Gasteiger charge is 2.42. The van der Waals surface area contributed by atoms with Crippen LogP contribution in [0.5, 0.6) is 0 Å². The Kier molecular flexibility index (Phi) is 7.02. The second kappa shape index (κ2) is 8.42. The van der Waals surface area contributed by atoms with E-state index in [-0.39, 0.29) is 12.3 Å². The van der Waals surface area contributed by atoms with Gasteiger partial charge in [-0.1, -0.05) is 6.92 Å². The zero-order valence-electron chi connectivity index (χ0n) is 14.1. The van der Waals surface area contributed by atoms with Crippen molar-refractivity contribution in [2.75, 3.05) is 6.61 Å². The summed E-state index contributed by atoms with van der Waals surface area (Å²) in [7, 11) is -16.4. The standard InChI is InChI=1S/C10H17N2O13P3/c1-6-4-9(12-3-2-8(13)11-10(12)14)23-7(6)5-22-27(18,19)25-28(20,21)24-26(15,16)17/h2-3,6-7,9H,4-5H2,1H3,(H,18,19)(H,20,21)(H,11,13,14)(H2,15,16,17)/t6-,7?,9?/m1/s1. The number of hydrogen-bond donors (Lipinski definition) is 5. The third kappa shape index (κ3) is 6.83. The zero-order chi connectivity index (χ0) is 21.3. The molecule has 18 heteroatoms. The lowest BCUT2D eigenvalue weighted by Crippen LogP contribution is -2.31. The molecule has 1 aliphatic rings. The number of ether oxygens (including phenoxy) is 1. The number of rotatable bonds is 8. The number of aromatic nitrogens is 2. The van der Waals surface area contributed by atoms with Crippen LogP contribution in [0.25, 0.3) is 0 Å². The lowest BCUT2D eigenvalue weighted by atomic mass is 10.0. The van der Waals surface area contributed by atoms with Gasteiger partial charge in [-0.3, -0.25) is 18.9 Å². The Bertz CT molecular complexity index is 966. The second-order valence-electron chi connectivity index (χ2n) is 5.75. The summed E-state index contributed by atoms with van der Waals surface area (Å²) in [4.78, 5) is 60.4. The lowest BCUT2D eigenvalue weighted by Gasteiger charge is -2.19. The summed E-state index contributed by atoms with van der Waals surface area (Å²) in [6, 6.07) is 1.11. The Morgan fingerprint density at radius 1 is 1.18 bits per heavy atom. The molecule has 0 aliphatic carbocycles. The van der Waals surface area contributed by atoms with Crippen molar-refractivity contribution in [1.29, 1.82) is 0 Å². The quantitative estimate of drug-likeness (QED) is 0.314. The molecule has 15 nitrogen and oxygen atoms in total. The third-order valence-corrected chi connectivity index (χ3v) is 7.32. The largest absolute Gasteiger partial charge is 0.490 e. The topological polar surface area (TPSA) is 224 Å². The van der Waals surface area contributed by atoms with Gasteiger partial charge in [0, 0.05) is 12.3 Å². The van der Waals surface area contributed by atoms with Crippen molar-refractivity contribution in [3.8, 4) is 0 Å². The minimum atomic E-state index is -5.60. The Labute approximate surface area is 156 Å². The van der Waals surface area contributed by atoms with E-state index in [2.05, 4.69) is 13.1 Å². The fourth-order valence-corrected chi connectivity index (χ4v) is 5.40. The van der Waals surface area contributed by atoms with Gasteiger partial charge in [0.2, 0.25) is 0 Å². The maximum Gasteiger partial charge on any atom is 0.490 e. The van der Waals surface area contributed by atoms with Crippen molar-refractivity contribution < 1.29 is 51.2 Å². The first-order chi connectivity index (χ1) is 12.7.